The van der Waals surface area contributed by atoms with Crippen LogP contribution in [0, 0.1) is 12.8 Å². The van der Waals surface area contributed by atoms with Crippen LogP contribution in [0.3, 0.4) is 0 Å². The molecule has 0 radical (unpaired) electrons. The van der Waals surface area contributed by atoms with E-state index in [0.717, 1.165) is 82.5 Å². The molecule has 2 N–H and O–H groups in total. The number of nitrogens with one attached hydrogen (secondary N) is 2. The van der Waals surface area contributed by atoms with Gasteiger partial charge in [0, 0.05) is 65.2 Å². The number of guanidine groups is 1. The van der Waals surface area contributed by atoms with Crippen LogP contribution in [0.2, 0.25) is 0 Å². The van der Waals surface area contributed by atoms with Crippen molar-refractivity contribution in [3.05, 3.63) is 29.3 Å². The summed E-state index contributed by atoms with van der Waals surface area (Å²) in [5.41, 5.74) is 2.26. The quantitative estimate of drug-likeness (QED) is 0.155. The molecule has 1 fully saturated rings. The van der Waals surface area contributed by atoms with Crippen LogP contribution in [-0.2, 0) is 20.8 Å². The Morgan fingerprint density at radius 2 is 1.94 bits per heavy atom. The maximum atomic E-state index is 5.97. The molecule has 1 aliphatic heterocycles. The van der Waals surface area contributed by atoms with Crippen LogP contribution in [-0.4, -0.2) is 65.8 Å². The third-order valence-corrected chi connectivity index (χ3v) is 5.18. The molecule has 1 aromatic carbocycles. The Balaban J connectivity index is 0.00000512. The van der Waals surface area contributed by atoms with E-state index in [0.29, 0.717) is 25.7 Å². The highest BCUT2D eigenvalue weighted by atomic mass is 127. The van der Waals surface area contributed by atoms with Gasteiger partial charge < -0.3 is 29.6 Å². The zero-order valence-electron chi connectivity index (χ0n) is 20.0. The first kappa shape index (κ1) is 28.9. The van der Waals surface area contributed by atoms with Crippen molar-refractivity contribution >= 4 is 29.9 Å². The summed E-state index contributed by atoms with van der Waals surface area (Å²) in [5, 5.41) is 6.71. The van der Waals surface area contributed by atoms with Crippen molar-refractivity contribution in [2.75, 3.05) is 59.8 Å². The van der Waals surface area contributed by atoms with Crippen molar-refractivity contribution in [2.24, 2.45) is 10.9 Å². The molecule has 0 spiro atoms. The van der Waals surface area contributed by atoms with Crippen molar-refractivity contribution in [3.8, 4) is 5.75 Å². The van der Waals surface area contributed by atoms with E-state index in [1.807, 2.05) is 0 Å². The summed E-state index contributed by atoms with van der Waals surface area (Å²) in [7, 11) is 1.71. The first-order chi connectivity index (χ1) is 15.2. The topological polar surface area (TPSA) is 73.3 Å². The van der Waals surface area contributed by atoms with Crippen molar-refractivity contribution in [2.45, 2.75) is 46.1 Å². The smallest absolute Gasteiger partial charge is 0.191 e. The Hall–Kier alpha value is -1.10. The minimum Gasteiger partial charge on any atom is -0.493 e. The maximum absolute atomic E-state index is 5.97. The molecule has 0 amide bonds. The second kappa shape index (κ2) is 18.3. The number of rotatable bonds is 14. The lowest BCUT2D eigenvalue weighted by atomic mass is 10.0. The standard InChI is InChI=1S/C24H41N3O4.HI/c1-4-25-24(26-11-5-13-30-19-21-9-15-29-16-10-21)27-18-22-8-7-20(2)17-23(22)31-14-6-12-28-3;/h7-8,17,21H,4-6,9-16,18-19H2,1-3H3,(H2,25,26,27);1H. The highest BCUT2D eigenvalue weighted by Crippen LogP contribution is 2.21. The average molecular weight is 564 g/mol. The predicted molar refractivity (Wildman–Crippen MR) is 140 cm³/mol. The Kier molecular flexibility index (Phi) is 16.6. The minimum absolute atomic E-state index is 0. The third kappa shape index (κ3) is 12.2. The number of aryl methyl sites for hydroxylation is 1. The highest BCUT2D eigenvalue weighted by molar-refractivity contribution is 14.0. The van der Waals surface area contributed by atoms with Gasteiger partial charge in [-0.05, 0) is 50.7 Å². The van der Waals surface area contributed by atoms with Gasteiger partial charge in [-0.25, -0.2) is 4.99 Å². The van der Waals surface area contributed by atoms with Crippen LogP contribution in [0.25, 0.3) is 0 Å². The molecule has 0 aliphatic carbocycles. The molecule has 0 atom stereocenters. The number of ether oxygens (including phenoxy) is 4. The number of hydrogen-bond acceptors (Lipinski definition) is 5. The lowest BCUT2D eigenvalue weighted by Gasteiger charge is -2.21. The monoisotopic (exact) mass is 563 g/mol. The normalized spacial score (nSPS) is 14.7. The zero-order valence-corrected chi connectivity index (χ0v) is 22.3. The number of halogens is 1. The zero-order chi connectivity index (χ0) is 22.2. The molecule has 8 heteroatoms. The minimum atomic E-state index is 0. The summed E-state index contributed by atoms with van der Waals surface area (Å²) in [6.45, 7) is 11.1. The van der Waals surface area contributed by atoms with Crippen LogP contribution >= 0.6 is 24.0 Å². The van der Waals surface area contributed by atoms with Crippen LogP contribution in [0.15, 0.2) is 23.2 Å². The van der Waals surface area contributed by atoms with Gasteiger partial charge in [0.05, 0.1) is 13.2 Å². The molecule has 7 nitrogen and oxygen atoms in total. The first-order valence-corrected chi connectivity index (χ1v) is 11.6. The van der Waals surface area contributed by atoms with E-state index < -0.39 is 0 Å². The summed E-state index contributed by atoms with van der Waals surface area (Å²) in [6.07, 6.45) is 4.05. The van der Waals surface area contributed by atoms with E-state index in [4.69, 9.17) is 23.9 Å². The van der Waals surface area contributed by atoms with Gasteiger partial charge in [-0.1, -0.05) is 12.1 Å². The molecular weight excluding hydrogens is 521 g/mol. The van der Waals surface area contributed by atoms with Crippen LogP contribution < -0.4 is 15.4 Å². The van der Waals surface area contributed by atoms with Gasteiger partial charge in [-0.15, -0.1) is 24.0 Å². The summed E-state index contributed by atoms with van der Waals surface area (Å²) >= 11 is 0. The first-order valence-electron chi connectivity index (χ1n) is 11.6. The van der Waals surface area contributed by atoms with Crippen LogP contribution in [0.1, 0.15) is 43.7 Å². The summed E-state index contributed by atoms with van der Waals surface area (Å²) in [4.78, 5) is 4.74. The molecule has 1 saturated heterocycles. The van der Waals surface area contributed by atoms with E-state index in [2.05, 4.69) is 42.7 Å². The third-order valence-electron chi connectivity index (χ3n) is 5.18. The van der Waals surface area contributed by atoms with Crippen LogP contribution in [0.4, 0.5) is 0 Å². The summed E-state index contributed by atoms with van der Waals surface area (Å²) < 4.78 is 22.3. The van der Waals surface area contributed by atoms with Gasteiger partial charge >= 0.3 is 0 Å². The number of benzene rings is 1. The molecular formula is C24H42IN3O4. The van der Waals surface area contributed by atoms with E-state index in [-0.39, 0.29) is 24.0 Å². The highest BCUT2D eigenvalue weighted by Gasteiger charge is 2.13. The molecule has 1 aliphatic rings. The van der Waals surface area contributed by atoms with Gasteiger partial charge in [-0.3, -0.25) is 0 Å². The van der Waals surface area contributed by atoms with Crippen LogP contribution in [0.5, 0.6) is 5.75 Å². The van der Waals surface area contributed by atoms with E-state index in [9.17, 15) is 0 Å². The van der Waals surface area contributed by atoms with Crippen molar-refractivity contribution in [3.63, 3.8) is 0 Å². The Bertz CT molecular complexity index is 640. The summed E-state index contributed by atoms with van der Waals surface area (Å²) in [5.74, 6) is 2.37. The second-order valence-electron chi connectivity index (χ2n) is 7.91. The second-order valence-corrected chi connectivity index (χ2v) is 7.91. The lowest BCUT2D eigenvalue weighted by Crippen LogP contribution is -2.38. The van der Waals surface area contributed by atoms with E-state index in [1.165, 1.54) is 5.56 Å². The largest absolute Gasteiger partial charge is 0.493 e. The molecule has 0 aromatic heterocycles. The fourth-order valence-electron chi connectivity index (χ4n) is 3.36. The Labute approximate surface area is 211 Å². The molecule has 1 aromatic rings. The molecule has 2 rings (SSSR count). The number of methoxy groups -OCH3 is 1. The molecule has 0 saturated carbocycles. The van der Waals surface area contributed by atoms with E-state index in [1.54, 1.807) is 7.11 Å². The predicted octanol–water partition coefficient (Wildman–Crippen LogP) is 3.92. The number of aliphatic imine (C=N–C) groups is 1. The number of nitrogens with zero attached hydrogens (tertiary/aromatic N) is 1. The fraction of sp³-hybridized carbons (Fsp3) is 0.708. The van der Waals surface area contributed by atoms with E-state index >= 15 is 0 Å². The van der Waals surface area contributed by atoms with Crippen molar-refractivity contribution in [1.29, 1.82) is 0 Å². The Morgan fingerprint density at radius 3 is 2.69 bits per heavy atom. The lowest BCUT2D eigenvalue weighted by molar-refractivity contribution is 0.0203. The molecule has 1 heterocycles. The van der Waals surface area contributed by atoms with Crippen molar-refractivity contribution < 1.29 is 18.9 Å². The average Bonchev–Trinajstić information content (AvgIpc) is 2.79. The van der Waals surface area contributed by atoms with Gasteiger partial charge in [0.2, 0.25) is 0 Å². The summed E-state index contributed by atoms with van der Waals surface area (Å²) in [6, 6.07) is 6.27. The molecule has 184 valence electrons. The van der Waals surface area contributed by atoms with Gasteiger partial charge in [-0.2, -0.15) is 0 Å². The van der Waals surface area contributed by atoms with Gasteiger partial charge in [0.15, 0.2) is 5.96 Å². The SMILES string of the molecule is CCNC(=NCc1ccc(C)cc1OCCCOC)NCCCOCC1CCOCC1.I. The molecule has 0 unspecified atom stereocenters. The van der Waals surface area contributed by atoms with Gasteiger partial charge in [0.1, 0.15) is 5.75 Å². The number of hydrogen-bond donors (Lipinski definition) is 2. The van der Waals surface area contributed by atoms with Gasteiger partial charge in [0.25, 0.3) is 0 Å². The molecule has 0 bridgehead atoms. The molecule has 32 heavy (non-hydrogen) atoms. The Morgan fingerprint density at radius 1 is 1.12 bits per heavy atom. The fourth-order valence-corrected chi connectivity index (χ4v) is 3.36. The maximum Gasteiger partial charge on any atom is 0.191 e. The van der Waals surface area contributed by atoms with Crippen molar-refractivity contribution in [1.82, 2.24) is 10.6 Å².